The number of nitrogens with zero attached hydrogens (tertiary/aromatic N) is 2. The van der Waals surface area contributed by atoms with Gasteiger partial charge in [0.2, 0.25) is 0 Å². The molecule has 0 aliphatic carbocycles. The second-order valence-corrected chi connectivity index (χ2v) is 9.52. The van der Waals surface area contributed by atoms with Gasteiger partial charge < -0.3 is 4.57 Å². The highest BCUT2D eigenvalue weighted by molar-refractivity contribution is 8.26. The largest absolute Gasteiger partial charge is 0.340 e. The van der Waals surface area contributed by atoms with Crippen molar-refractivity contribution >= 4 is 51.2 Å². The maximum absolute atomic E-state index is 13.2. The van der Waals surface area contributed by atoms with E-state index < -0.39 is 0 Å². The highest BCUT2D eigenvalue weighted by Gasteiger charge is 2.32. The van der Waals surface area contributed by atoms with Crippen molar-refractivity contribution in [1.82, 2.24) is 9.47 Å². The maximum Gasteiger partial charge on any atom is 0.266 e. The Morgan fingerprint density at radius 1 is 0.844 bits per heavy atom. The van der Waals surface area contributed by atoms with Gasteiger partial charge in [0, 0.05) is 28.7 Å². The van der Waals surface area contributed by atoms with Gasteiger partial charge in [0.25, 0.3) is 5.91 Å². The SMILES string of the molecule is Cc1c(C=C2SC(=S)N(Cc3ccccc3)C2=O)c2ccccc2n1Cc1ccccc1. The van der Waals surface area contributed by atoms with E-state index in [1.165, 1.54) is 22.8 Å². The normalized spacial score (nSPS) is 15.3. The number of benzene rings is 3. The van der Waals surface area contributed by atoms with Crippen LogP contribution < -0.4 is 0 Å². The number of thiocarbonyl (C=S) groups is 1. The Bertz CT molecular complexity index is 1340. The van der Waals surface area contributed by atoms with Crippen molar-refractivity contribution in [1.29, 1.82) is 0 Å². The third-order valence-corrected chi connectivity index (χ3v) is 7.17. The zero-order chi connectivity index (χ0) is 22.1. The number of rotatable bonds is 5. The molecule has 1 amide bonds. The van der Waals surface area contributed by atoms with Crippen molar-refractivity contribution in [3.63, 3.8) is 0 Å². The van der Waals surface area contributed by atoms with E-state index in [0.29, 0.717) is 15.8 Å². The summed E-state index contributed by atoms with van der Waals surface area (Å²) in [5.41, 5.74) is 5.71. The monoisotopic (exact) mass is 454 g/mol. The zero-order valence-corrected chi connectivity index (χ0v) is 19.3. The summed E-state index contributed by atoms with van der Waals surface area (Å²) in [4.78, 5) is 15.6. The Kier molecular flexibility index (Phi) is 5.68. The van der Waals surface area contributed by atoms with E-state index in [0.717, 1.165) is 28.8 Å². The molecule has 4 aromatic rings. The first kappa shape index (κ1) is 20.7. The Morgan fingerprint density at radius 3 is 2.12 bits per heavy atom. The highest BCUT2D eigenvalue weighted by Crippen LogP contribution is 2.36. The molecule has 3 aromatic carbocycles. The number of hydrogen-bond acceptors (Lipinski definition) is 3. The van der Waals surface area contributed by atoms with Gasteiger partial charge in [-0.05, 0) is 30.2 Å². The van der Waals surface area contributed by atoms with Crippen molar-refractivity contribution < 1.29 is 4.79 Å². The number of carbonyl (C=O) groups excluding carboxylic acids is 1. The molecule has 5 rings (SSSR count). The fraction of sp³-hybridized carbons (Fsp3) is 0.111. The van der Waals surface area contributed by atoms with E-state index >= 15 is 0 Å². The molecular weight excluding hydrogens is 432 g/mol. The lowest BCUT2D eigenvalue weighted by Gasteiger charge is -2.14. The van der Waals surface area contributed by atoms with Crippen molar-refractivity contribution in [2.24, 2.45) is 0 Å². The predicted octanol–water partition coefficient (Wildman–Crippen LogP) is 6.40. The molecule has 5 heteroatoms. The molecule has 0 atom stereocenters. The highest BCUT2D eigenvalue weighted by atomic mass is 32.2. The number of aromatic nitrogens is 1. The first-order valence-corrected chi connectivity index (χ1v) is 11.8. The molecule has 1 fully saturated rings. The Morgan fingerprint density at radius 2 is 1.44 bits per heavy atom. The van der Waals surface area contributed by atoms with Crippen molar-refractivity contribution in [3.05, 3.63) is 112 Å². The average Bonchev–Trinajstić information content (AvgIpc) is 3.24. The summed E-state index contributed by atoms with van der Waals surface area (Å²) in [6.45, 7) is 3.41. The lowest BCUT2D eigenvalue weighted by atomic mass is 10.1. The summed E-state index contributed by atoms with van der Waals surface area (Å²) in [5, 5.41) is 1.15. The molecule has 32 heavy (non-hydrogen) atoms. The molecule has 1 aliphatic heterocycles. The molecule has 0 spiro atoms. The van der Waals surface area contributed by atoms with Crippen LogP contribution in [0.1, 0.15) is 22.4 Å². The summed E-state index contributed by atoms with van der Waals surface area (Å²) >= 11 is 6.94. The van der Waals surface area contributed by atoms with Crippen LogP contribution in [0.15, 0.2) is 89.8 Å². The Balaban J connectivity index is 1.52. The Labute approximate surface area is 197 Å². The molecule has 0 unspecified atom stereocenters. The molecule has 2 heterocycles. The number of carbonyl (C=O) groups is 1. The second kappa shape index (κ2) is 8.77. The van der Waals surface area contributed by atoms with Gasteiger partial charge in [-0.3, -0.25) is 9.69 Å². The molecule has 0 saturated carbocycles. The minimum Gasteiger partial charge on any atom is -0.340 e. The third-order valence-electron chi connectivity index (χ3n) is 5.80. The molecule has 0 bridgehead atoms. The van der Waals surface area contributed by atoms with Crippen LogP contribution in [0.4, 0.5) is 0 Å². The van der Waals surface area contributed by atoms with E-state index in [9.17, 15) is 4.79 Å². The zero-order valence-electron chi connectivity index (χ0n) is 17.7. The summed E-state index contributed by atoms with van der Waals surface area (Å²) in [6, 6.07) is 28.8. The number of amides is 1. The molecule has 0 radical (unpaired) electrons. The lowest BCUT2D eigenvalue weighted by Crippen LogP contribution is -2.27. The fourth-order valence-electron chi connectivity index (χ4n) is 4.14. The van der Waals surface area contributed by atoms with Crippen LogP contribution in [0.2, 0.25) is 0 Å². The van der Waals surface area contributed by atoms with Gasteiger partial charge in [0.1, 0.15) is 4.32 Å². The van der Waals surface area contributed by atoms with Crippen LogP contribution in [0.3, 0.4) is 0 Å². The quantitative estimate of drug-likeness (QED) is 0.258. The molecular formula is C27H22N2OS2. The standard InChI is InChI=1S/C27H22N2OS2/c1-19-23(16-25-26(30)29(27(31)32-25)18-21-12-6-3-7-13-21)22-14-8-9-15-24(22)28(19)17-20-10-4-2-5-11-20/h2-16H,17-18H2,1H3. The van der Waals surface area contributed by atoms with Crippen LogP contribution in [0.25, 0.3) is 17.0 Å². The van der Waals surface area contributed by atoms with Gasteiger partial charge in [-0.15, -0.1) is 0 Å². The first-order chi connectivity index (χ1) is 15.6. The second-order valence-electron chi connectivity index (χ2n) is 7.84. The van der Waals surface area contributed by atoms with Crippen molar-refractivity contribution in [2.45, 2.75) is 20.0 Å². The molecule has 0 N–H and O–H groups in total. The van der Waals surface area contributed by atoms with Gasteiger partial charge in [-0.1, -0.05) is 103 Å². The van der Waals surface area contributed by atoms with Crippen LogP contribution in [-0.2, 0) is 17.9 Å². The third kappa shape index (κ3) is 3.90. The minimum atomic E-state index is -0.0249. The van der Waals surface area contributed by atoms with Gasteiger partial charge in [-0.2, -0.15) is 0 Å². The van der Waals surface area contributed by atoms with E-state index in [-0.39, 0.29) is 5.91 Å². The minimum absolute atomic E-state index is 0.0249. The molecule has 1 aromatic heterocycles. The van der Waals surface area contributed by atoms with E-state index in [4.69, 9.17) is 12.2 Å². The van der Waals surface area contributed by atoms with Crippen molar-refractivity contribution in [3.8, 4) is 0 Å². The van der Waals surface area contributed by atoms with Gasteiger partial charge >= 0.3 is 0 Å². The smallest absolute Gasteiger partial charge is 0.266 e. The van der Waals surface area contributed by atoms with E-state index in [1.54, 1.807) is 4.90 Å². The maximum atomic E-state index is 13.2. The molecule has 3 nitrogen and oxygen atoms in total. The summed E-state index contributed by atoms with van der Waals surface area (Å²) in [7, 11) is 0. The number of hydrogen-bond donors (Lipinski definition) is 0. The fourth-order valence-corrected chi connectivity index (χ4v) is 5.38. The van der Waals surface area contributed by atoms with Gasteiger partial charge in [-0.25, -0.2) is 0 Å². The van der Waals surface area contributed by atoms with Gasteiger partial charge in [0.05, 0.1) is 11.4 Å². The molecule has 1 saturated heterocycles. The summed E-state index contributed by atoms with van der Waals surface area (Å²) in [6.07, 6.45) is 2.02. The topological polar surface area (TPSA) is 25.2 Å². The van der Waals surface area contributed by atoms with Crippen molar-refractivity contribution in [2.75, 3.05) is 0 Å². The summed E-state index contributed by atoms with van der Waals surface area (Å²) < 4.78 is 2.93. The first-order valence-electron chi connectivity index (χ1n) is 10.5. The van der Waals surface area contributed by atoms with E-state index in [1.807, 2.05) is 48.5 Å². The molecule has 1 aliphatic rings. The Hall–Kier alpha value is -3.15. The average molecular weight is 455 g/mol. The summed E-state index contributed by atoms with van der Waals surface area (Å²) in [5.74, 6) is -0.0249. The number of thioether (sulfide) groups is 1. The van der Waals surface area contributed by atoms with E-state index in [2.05, 4.69) is 54.0 Å². The van der Waals surface area contributed by atoms with Crippen LogP contribution in [0, 0.1) is 6.92 Å². The lowest BCUT2D eigenvalue weighted by molar-refractivity contribution is -0.122. The number of para-hydroxylation sites is 1. The van der Waals surface area contributed by atoms with Gasteiger partial charge in [0.15, 0.2) is 0 Å². The van der Waals surface area contributed by atoms with Crippen LogP contribution in [0.5, 0.6) is 0 Å². The predicted molar refractivity (Wildman–Crippen MR) is 137 cm³/mol. The number of fused-ring (bicyclic) bond motifs is 1. The van der Waals surface area contributed by atoms with Crippen LogP contribution in [-0.4, -0.2) is 19.7 Å². The van der Waals surface area contributed by atoms with Crippen LogP contribution >= 0.6 is 24.0 Å². The molecule has 158 valence electrons.